The summed E-state index contributed by atoms with van der Waals surface area (Å²) >= 11 is 0. The van der Waals surface area contributed by atoms with Gasteiger partial charge in [-0.1, -0.05) is 12.1 Å². The fourth-order valence-electron chi connectivity index (χ4n) is 2.49. The molecule has 1 aliphatic rings. The monoisotopic (exact) mass is 207 g/mol. The summed E-state index contributed by atoms with van der Waals surface area (Å²) in [5, 5.41) is 0. The number of hydrogen-bond donors (Lipinski definition) is 1. The molecule has 2 N–H and O–H groups in total. The zero-order chi connectivity index (χ0) is 10.7. The van der Waals surface area contributed by atoms with Crippen molar-refractivity contribution in [3.8, 4) is 0 Å². The standard InChI is InChI=1S/C13H18FN/c14-13-3-1-2-12(8-13)11-6-4-10(9-15)5-7-11/h1-3,8,10-11H,4-7,9,15H2. The maximum Gasteiger partial charge on any atom is 0.123 e. The van der Waals surface area contributed by atoms with Gasteiger partial charge in [-0.05, 0) is 61.8 Å². The van der Waals surface area contributed by atoms with Crippen LogP contribution in [0.4, 0.5) is 4.39 Å². The first kappa shape index (κ1) is 10.6. The minimum absolute atomic E-state index is 0.117. The van der Waals surface area contributed by atoms with E-state index >= 15 is 0 Å². The van der Waals surface area contributed by atoms with E-state index in [-0.39, 0.29) is 5.82 Å². The highest BCUT2D eigenvalue weighted by Crippen LogP contribution is 2.35. The highest BCUT2D eigenvalue weighted by Gasteiger charge is 2.21. The lowest BCUT2D eigenvalue weighted by Gasteiger charge is -2.27. The molecule has 2 heteroatoms. The van der Waals surface area contributed by atoms with Gasteiger partial charge in [0.15, 0.2) is 0 Å². The Bertz CT molecular complexity index is 316. The van der Waals surface area contributed by atoms with Gasteiger partial charge in [0.25, 0.3) is 0 Å². The summed E-state index contributed by atoms with van der Waals surface area (Å²) in [6, 6.07) is 7.03. The van der Waals surface area contributed by atoms with Gasteiger partial charge in [-0.2, -0.15) is 0 Å². The molecule has 0 amide bonds. The van der Waals surface area contributed by atoms with E-state index in [4.69, 9.17) is 5.73 Å². The SMILES string of the molecule is NCC1CCC(c2cccc(F)c2)CC1. The molecule has 0 spiro atoms. The number of rotatable bonds is 2. The summed E-state index contributed by atoms with van der Waals surface area (Å²) in [7, 11) is 0. The van der Waals surface area contributed by atoms with E-state index < -0.39 is 0 Å². The van der Waals surface area contributed by atoms with Crippen molar-refractivity contribution in [2.24, 2.45) is 11.7 Å². The molecule has 1 aromatic rings. The quantitative estimate of drug-likeness (QED) is 0.792. The average molecular weight is 207 g/mol. The van der Waals surface area contributed by atoms with Crippen molar-refractivity contribution >= 4 is 0 Å². The van der Waals surface area contributed by atoms with Crippen LogP contribution in [0, 0.1) is 11.7 Å². The van der Waals surface area contributed by atoms with E-state index in [1.54, 1.807) is 12.1 Å². The van der Waals surface area contributed by atoms with Gasteiger partial charge in [-0.15, -0.1) is 0 Å². The summed E-state index contributed by atoms with van der Waals surface area (Å²) < 4.78 is 13.0. The lowest BCUT2D eigenvalue weighted by Crippen LogP contribution is -2.20. The van der Waals surface area contributed by atoms with Crippen molar-refractivity contribution in [1.82, 2.24) is 0 Å². The second-order valence-corrected chi connectivity index (χ2v) is 4.51. The van der Waals surface area contributed by atoms with Crippen molar-refractivity contribution in [2.75, 3.05) is 6.54 Å². The normalized spacial score (nSPS) is 26.5. The Kier molecular flexibility index (Phi) is 3.37. The van der Waals surface area contributed by atoms with Crippen LogP contribution >= 0.6 is 0 Å². The van der Waals surface area contributed by atoms with E-state index in [1.165, 1.54) is 18.9 Å². The van der Waals surface area contributed by atoms with Crippen LogP contribution in [0.1, 0.15) is 37.2 Å². The molecule has 0 heterocycles. The molecule has 1 aromatic carbocycles. The molecule has 0 radical (unpaired) electrons. The number of nitrogens with two attached hydrogens (primary N) is 1. The topological polar surface area (TPSA) is 26.0 Å². The molecule has 0 atom stereocenters. The van der Waals surface area contributed by atoms with Gasteiger partial charge < -0.3 is 5.73 Å². The Hall–Kier alpha value is -0.890. The van der Waals surface area contributed by atoms with E-state index in [2.05, 4.69) is 0 Å². The second kappa shape index (κ2) is 4.75. The van der Waals surface area contributed by atoms with Gasteiger partial charge in [0.1, 0.15) is 5.82 Å². The van der Waals surface area contributed by atoms with E-state index in [0.717, 1.165) is 24.9 Å². The zero-order valence-corrected chi connectivity index (χ0v) is 8.95. The molecule has 82 valence electrons. The third-order valence-corrected chi connectivity index (χ3v) is 3.50. The average Bonchev–Trinajstić information content (AvgIpc) is 2.29. The molecule has 1 aliphatic carbocycles. The number of halogens is 1. The van der Waals surface area contributed by atoms with Gasteiger partial charge in [0.05, 0.1) is 0 Å². The van der Waals surface area contributed by atoms with Gasteiger partial charge in [-0.3, -0.25) is 0 Å². The van der Waals surface area contributed by atoms with Crippen LogP contribution in [0.3, 0.4) is 0 Å². The van der Waals surface area contributed by atoms with Gasteiger partial charge in [-0.25, -0.2) is 4.39 Å². The van der Waals surface area contributed by atoms with Crippen molar-refractivity contribution < 1.29 is 4.39 Å². The molecule has 1 saturated carbocycles. The van der Waals surface area contributed by atoms with Crippen molar-refractivity contribution in [2.45, 2.75) is 31.6 Å². The van der Waals surface area contributed by atoms with Crippen molar-refractivity contribution in [3.63, 3.8) is 0 Å². The Morgan fingerprint density at radius 2 is 1.93 bits per heavy atom. The van der Waals surface area contributed by atoms with Crippen LogP contribution in [-0.2, 0) is 0 Å². The second-order valence-electron chi connectivity index (χ2n) is 4.51. The summed E-state index contributed by atoms with van der Waals surface area (Å²) in [4.78, 5) is 0. The largest absolute Gasteiger partial charge is 0.330 e. The molecule has 0 aliphatic heterocycles. The minimum Gasteiger partial charge on any atom is -0.330 e. The highest BCUT2D eigenvalue weighted by molar-refractivity contribution is 5.21. The predicted octanol–water partition coefficient (Wildman–Crippen LogP) is 3.06. The smallest absolute Gasteiger partial charge is 0.123 e. The fraction of sp³-hybridized carbons (Fsp3) is 0.538. The van der Waals surface area contributed by atoms with Gasteiger partial charge in [0, 0.05) is 0 Å². The van der Waals surface area contributed by atoms with E-state index in [0.29, 0.717) is 11.8 Å². The maximum atomic E-state index is 13.0. The maximum absolute atomic E-state index is 13.0. The summed E-state index contributed by atoms with van der Waals surface area (Å²) in [5.41, 5.74) is 6.81. The summed E-state index contributed by atoms with van der Waals surface area (Å²) in [6.07, 6.45) is 4.70. The molecule has 1 fully saturated rings. The van der Waals surface area contributed by atoms with Gasteiger partial charge >= 0.3 is 0 Å². The molecule has 0 saturated heterocycles. The first-order chi connectivity index (χ1) is 7.29. The molecule has 0 unspecified atom stereocenters. The molecular formula is C13H18FN. The van der Waals surface area contributed by atoms with Crippen LogP contribution in [0.2, 0.25) is 0 Å². The molecule has 15 heavy (non-hydrogen) atoms. The number of hydrogen-bond acceptors (Lipinski definition) is 1. The van der Waals surface area contributed by atoms with Crippen LogP contribution in [0.15, 0.2) is 24.3 Å². The molecule has 0 bridgehead atoms. The van der Waals surface area contributed by atoms with E-state index in [9.17, 15) is 4.39 Å². The summed E-state index contributed by atoms with van der Waals surface area (Å²) in [5.74, 6) is 1.12. The Morgan fingerprint density at radius 3 is 2.53 bits per heavy atom. The fourth-order valence-corrected chi connectivity index (χ4v) is 2.49. The first-order valence-corrected chi connectivity index (χ1v) is 5.75. The Labute approximate surface area is 90.5 Å². The molecule has 2 rings (SSSR count). The molecule has 1 nitrogen and oxygen atoms in total. The zero-order valence-electron chi connectivity index (χ0n) is 8.95. The lowest BCUT2D eigenvalue weighted by molar-refractivity contribution is 0.332. The summed E-state index contributed by atoms with van der Waals surface area (Å²) in [6.45, 7) is 0.801. The lowest BCUT2D eigenvalue weighted by atomic mass is 9.79. The highest BCUT2D eigenvalue weighted by atomic mass is 19.1. The van der Waals surface area contributed by atoms with Crippen LogP contribution < -0.4 is 5.73 Å². The van der Waals surface area contributed by atoms with Crippen molar-refractivity contribution in [1.29, 1.82) is 0 Å². The number of benzene rings is 1. The third-order valence-electron chi connectivity index (χ3n) is 3.50. The van der Waals surface area contributed by atoms with Gasteiger partial charge in [0.2, 0.25) is 0 Å². The first-order valence-electron chi connectivity index (χ1n) is 5.75. The Morgan fingerprint density at radius 1 is 1.20 bits per heavy atom. The minimum atomic E-state index is -0.117. The van der Waals surface area contributed by atoms with Crippen molar-refractivity contribution in [3.05, 3.63) is 35.6 Å². The van der Waals surface area contributed by atoms with E-state index in [1.807, 2.05) is 6.07 Å². The third kappa shape index (κ3) is 2.57. The van der Waals surface area contributed by atoms with Crippen LogP contribution in [0.5, 0.6) is 0 Å². The Balaban J connectivity index is 2.01. The molecular weight excluding hydrogens is 189 g/mol. The predicted molar refractivity (Wildman–Crippen MR) is 60.2 cm³/mol. The molecule has 0 aromatic heterocycles. The van der Waals surface area contributed by atoms with Crippen LogP contribution in [0.25, 0.3) is 0 Å². The van der Waals surface area contributed by atoms with Crippen LogP contribution in [-0.4, -0.2) is 6.54 Å².